The summed E-state index contributed by atoms with van der Waals surface area (Å²) in [6.07, 6.45) is 3.14. The van der Waals surface area contributed by atoms with Gasteiger partial charge >= 0.3 is 0 Å². The van der Waals surface area contributed by atoms with Crippen LogP contribution in [0.2, 0.25) is 0 Å². The number of nitrogen functional groups attached to an aromatic ring is 1. The lowest BCUT2D eigenvalue weighted by atomic mass is 10.1. The van der Waals surface area contributed by atoms with Crippen molar-refractivity contribution in [3.05, 3.63) is 36.3 Å². The normalized spacial score (nSPS) is 10.9. The second-order valence-electron chi connectivity index (χ2n) is 4.17. The molecule has 0 aliphatic heterocycles. The fraction of sp³-hybridized carbons (Fsp3) is 0.0833. The predicted octanol–water partition coefficient (Wildman–Crippen LogP) is 2.00. The maximum Gasteiger partial charge on any atom is 0.260 e. The molecule has 0 aliphatic carbocycles. The van der Waals surface area contributed by atoms with Crippen LogP contribution in [0.3, 0.4) is 0 Å². The lowest BCUT2D eigenvalue weighted by molar-refractivity contribution is 0.431. The van der Waals surface area contributed by atoms with Crippen LogP contribution < -0.4 is 5.73 Å². The number of aromatic nitrogens is 4. The van der Waals surface area contributed by atoms with Crippen molar-refractivity contribution in [1.82, 2.24) is 19.7 Å². The van der Waals surface area contributed by atoms with Gasteiger partial charge in [0.15, 0.2) is 11.6 Å². The van der Waals surface area contributed by atoms with Gasteiger partial charge in [0.25, 0.3) is 5.89 Å². The summed E-state index contributed by atoms with van der Waals surface area (Å²) in [7, 11) is 1.77. The van der Waals surface area contributed by atoms with E-state index in [9.17, 15) is 8.78 Å². The van der Waals surface area contributed by atoms with E-state index >= 15 is 0 Å². The van der Waals surface area contributed by atoms with E-state index in [1.807, 2.05) is 0 Å². The first-order valence-corrected chi connectivity index (χ1v) is 5.61. The van der Waals surface area contributed by atoms with Crippen LogP contribution in [-0.2, 0) is 7.05 Å². The van der Waals surface area contributed by atoms with Crippen molar-refractivity contribution in [2.24, 2.45) is 7.05 Å². The summed E-state index contributed by atoms with van der Waals surface area (Å²) < 4.78 is 33.0. The highest BCUT2D eigenvalue weighted by molar-refractivity contribution is 5.71. The van der Waals surface area contributed by atoms with E-state index in [1.165, 1.54) is 0 Å². The Morgan fingerprint density at radius 1 is 1.25 bits per heavy atom. The zero-order valence-corrected chi connectivity index (χ0v) is 10.3. The van der Waals surface area contributed by atoms with Gasteiger partial charge in [-0.1, -0.05) is 5.16 Å². The Balaban J connectivity index is 2.07. The van der Waals surface area contributed by atoms with Crippen molar-refractivity contribution in [3.63, 3.8) is 0 Å². The lowest BCUT2D eigenvalue weighted by Crippen LogP contribution is -1.95. The first kappa shape index (κ1) is 12.3. The number of imidazole rings is 1. The molecule has 0 atom stereocenters. The number of nitrogens with zero attached hydrogens (tertiary/aromatic N) is 4. The first-order chi connectivity index (χ1) is 9.56. The summed E-state index contributed by atoms with van der Waals surface area (Å²) in [6, 6.07) is 1.80. The summed E-state index contributed by atoms with van der Waals surface area (Å²) >= 11 is 0. The SMILES string of the molecule is Cn1cncc1-c1noc(-c2cc(F)c(F)cc2N)n1. The molecule has 1 aromatic carbocycles. The quantitative estimate of drug-likeness (QED) is 0.724. The minimum atomic E-state index is -1.03. The Hall–Kier alpha value is -2.77. The Kier molecular flexibility index (Phi) is 2.70. The van der Waals surface area contributed by atoms with E-state index < -0.39 is 11.6 Å². The van der Waals surface area contributed by atoms with Gasteiger partial charge in [-0.2, -0.15) is 4.98 Å². The third kappa shape index (κ3) is 1.91. The van der Waals surface area contributed by atoms with Gasteiger partial charge in [-0.05, 0) is 6.07 Å². The summed E-state index contributed by atoms with van der Waals surface area (Å²) in [5.74, 6) is -1.77. The predicted molar refractivity (Wildman–Crippen MR) is 66.3 cm³/mol. The van der Waals surface area contributed by atoms with Crippen LogP contribution in [0, 0.1) is 11.6 Å². The Morgan fingerprint density at radius 2 is 2.00 bits per heavy atom. The smallest absolute Gasteiger partial charge is 0.260 e. The molecule has 3 rings (SSSR count). The molecule has 6 nitrogen and oxygen atoms in total. The third-order valence-corrected chi connectivity index (χ3v) is 2.79. The molecule has 0 spiro atoms. The standard InChI is InChI=1S/C12H9F2N5O/c1-19-5-16-4-10(19)11-17-12(20-18-11)6-2-7(13)8(14)3-9(6)15/h2-5H,15H2,1H3. The summed E-state index contributed by atoms with van der Waals surface area (Å²) in [5.41, 5.74) is 6.42. The van der Waals surface area contributed by atoms with Gasteiger partial charge < -0.3 is 14.8 Å². The molecule has 2 N–H and O–H groups in total. The lowest BCUT2D eigenvalue weighted by Gasteiger charge is -2.01. The molecule has 20 heavy (non-hydrogen) atoms. The largest absolute Gasteiger partial charge is 0.398 e. The Labute approximate surface area is 111 Å². The minimum Gasteiger partial charge on any atom is -0.398 e. The van der Waals surface area contributed by atoms with Crippen molar-refractivity contribution >= 4 is 5.69 Å². The Bertz CT molecular complexity index is 780. The molecular formula is C12H9F2N5O. The van der Waals surface area contributed by atoms with Crippen molar-refractivity contribution in [3.8, 4) is 23.0 Å². The van der Waals surface area contributed by atoms with Crippen LogP contribution in [0.15, 0.2) is 29.2 Å². The highest BCUT2D eigenvalue weighted by Gasteiger charge is 2.17. The molecule has 8 heteroatoms. The first-order valence-electron chi connectivity index (χ1n) is 5.61. The van der Waals surface area contributed by atoms with Crippen molar-refractivity contribution in [1.29, 1.82) is 0 Å². The number of anilines is 1. The van der Waals surface area contributed by atoms with Gasteiger partial charge in [-0.15, -0.1) is 0 Å². The van der Waals surface area contributed by atoms with E-state index in [4.69, 9.17) is 10.3 Å². The molecule has 3 aromatic rings. The molecule has 0 unspecified atom stereocenters. The van der Waals surface area contributed by atoms with Crippen molar-refractivity contribution < 1.29 is 13.3 Å². The number of aryl methyl sites for hydroxylation is 1. The molecule has 0 saturated heterocycles. The fourth-order valence-corrected chi connectivity index (χ4v) is 1.76. The zero-order chi connectivity index (χ0) is 14.3. The highest BCUT2D eigenvalue weighted by atomic mass is 19.2. The fourth-order valence-electron chi connectivity index (χ4n) is 1.76. The number of rotatable bonds is 2. The van der Waals surface area contributed by atoms with E-state index in [-0.39, 0.29) is 23.0 Å². The van der Waals surface area contributed by atoms with Gasteiger partial charge in [-0.3, -0.25) is 0 Å². The molecule has 102 valence electrons. The van der Waals surface area contributed by atoms with Gasteiger partial charge in [0.1, 0.15) is 5.69 Å². The van der Waals surface area contributed by atoms with E-state index in [1.54, 1.807) is 24.1 Å². The monoisotopic (exact) mass is 277 g/mol. The summed E-state index contributed by atoms with van der Waals surface area (Å²) in [4.78, 5) is 8.04. The van der Waals surface area contributed by atoms with E-state index in [2.05, 4.69) is 15.1 Å². The minimum absolute atomic E-state index is 0.0117. The maximum absolute atomic E-state index is 13.3. The molecule has 0 fully saturated rings. The van der Waals surface area contributed by atoms with Crippen LogP contribution >= 0.6 is 0 Å². The van der Waals surface area contributed by atoms with Crippen LogP contribution in [0.1, 0.15) is 0 Å². The van der Waals surface area contributed by atoms with Crippen molar-refractivity contribution in [2.75, 3.05) is 5.73 Å². The van der Waals surface area contributed by atoms with Gasteiger partial charge in [0, 0.05) is 18.8 Å². The highest BCUT2D eigenvalue weighted by Crippen LogP contribution is 2.28. The van der Waals surface area contributed by atoms with Gasteiger partial charge in [-0.25, -0.2) is 13.8 Å². The summed E-state index contributed by atoms with van der Waals surface area (Å²) in [6.45, 7) is 0. The molecule has 2 heterocycles. The third-order valence-electron chi connectivity index (χ3n) is 2.79. The molecule has 0 saturated carbocycles. The van der Waals surface area contributed by atoms with E-state index in [0.29, 0.717) is 5.69 Å². The molecule has 2 aromatic heterocycles. The zero-order valence-electron chi connectivity index (χ0n) is 10.3. The molecular weight excluding hydrogens is 268 g/mol. The number of nitrogens with two attached hydrogens (primary N) is 1. The summed E-state index contributed by atoms with van der Waals surface area (Å²) in [5, 5.41) is 3.77. The van der Waals surface area contributed by atoms with Crippen LogP contribution in [0.4, 0.5) is 14.5 Å². The number of halogens is 2. The maximum atomic E-state index is 13.3. The molecule has 0 amide bonds. The van der Waals surface area contributed by atoms with Crippen LogP contribution in [0.25, 0.3) is 23.0 Å². The van der Waals surface area contributed by atoms with Gasteiger partial charge in [0.2, 0.25) is 5.82 Å². The molecule has 0 aliphatic rings. The van der Waals surface area contributed by atoms with E-state index in [0.717, 1.165) is 12.1 Å². The average Bonchev–Trinajstić information content (AvgIpc) is 3.02. The average molecular weight is 277 g/mol. The van der Waals surface area contributed by atoms with Crippen LogP contribution in [-0.4, -0.2) is 19.7 Å². The van der Waals surface area contributed by atoms with Crippen molar-refractivity contribution in [2.45, 2.75) is 0 Å². The second kappa shape index (κ2) is 4.41. The van der Waals surface area contributed by atoms with Crippen LogP contribution in [0.5, 0.6) is 0 Å². The number of hydrogen-bond acceptors (Lipinski definition) is 5. The Morgan fingerprint density at radius 3 is 2.70 bits per heavy atom. The second-order valence-corrected chi connectivity index (χ2v) is 4.17. The number of hydrogen-bond donors (Lipinski definition) is 1. The van der Waals surface area contributed by atoms with Gasteiger partial charge in [0.05, 0.1) is 18.1 Å². The number of benzene rings is 1. The molecule has 0 radical (unpaired) electrons. The topological polar surface area (TPSA) is 82.8 Å². The molecule has 0 bridgehead atoms.